The van der Waals surface area contributed by atoms with Gasteiger partial charge < -0.3 is 4.57 Å². The molecule has 3 aromatic rings. The van der Waals surface area contributed by atoms with E-state index in [1.54, 1.807) is 18.2 Å². The highest BCUT2D eigenvalue weighted by atomic mass is 35.5. The molecular weight excluding hydrogens is 496 g/mol. The summed E-state index contributed by atoms with van der Waals surface area (Å²) in [6.45, 7) is 1.52. The van der Waals surface area contributed by atoms with Crippen molar-refractivity contribution < 1.29 is 13.3 Å². The van der Waals surface area contributed by atoms with Crippen LogP contribution in [0.15, 0.2) is 59.5 Å². The molecule has 1 atom stereocenters. The molecule has 0 amide bonds. The Morgan fingerprint density at radius 1 is 1.00 bits per heavy atom. The molecule has 0 aliphatic rings. The summed E-state index contributed by atoms with van der Waals surface area (Å²) in [6.07, 6.45) is 0. The number of nitrogens with zero attached hydrogens (tertiary/aromatic N) is 3. The molecular formula is C18H13Cl4N3O4S. The molecule has 1 unspecified atom stereocenters. The van der Waals surface area contributed by atoms with E-state index in [9.17, 15) is 18.5 Å². The third-order valence-corrected chi connectivity index (χ3v) is 8.11. The van der Waals surface area contributed by atoms with E-state index in [1.807, 2.05) is 0 Å². The highest BCUT2D eigenvalue weighted by molar-refractivity contribution is 7.90. The molecule has 0 aliphatic heterocycles. The Morgan fingerprint density at radius 2 is 1.57 bits per heavy atom. The van der Waals surface area contributed by atoms with E-state index in [-0.39, 0.29) is 31.5 Å². The maximum Gasteiger partial charge on any atom is 0.269 e. The fraction of sp³-hybridized carbons (Fsp3) is 0.111. The number of nitro benzene ring substituents is 1. The highest BCUT2D eigenvalue weighted by Gasteiger charge is 2.34. The number of non-ortho nitro benzene ring substituents is 1. The summed E-state index contributed by atoms with van der Waals surface area (Å²) in [4.78, 5) is 10.4. The van der Waals surface area contributed by atoms with Gasteiger partial charge in [0, 0.05) is 17.8 Å². The first kappa shape index (κ1) is 22.9. The van der Waals surface area contributed by atoms with Gasteiger partial charge in [-0.3, -0.25) is 10.1 Å². The average Bonchev–Trinajstić information content (AvgIpc) is 2.97. The van der Waals surface area contributed by atoms with E-state index in [0.717, 1.165) is 0 Å². The molecule has 3 rings (SSSR count). The Hall–Kier alpha value is -1.81. The van der Waals surface area contributed by atoms with Gasteiger partial charge >= 0.3 is 0 Å². The summed E-state index contributed by atoms with van der Waals surface area (Å²) < 4.78 is 27.9. The van der Waals surface area contributed by atoms with Crippen LogP contribution in [0, 0.1) is 10.1 Å². The van der Waals surface area contributed by atoms with Crippen LogP contribution in [0.1, 0.15) is 18.7 Å². The van der Waals surface area contributed by atoms with Crippen molar-refractivity contribution in [3.8, 4) is 5.69 Å². The number of hydrogen-bond acceptors (Lipinski definition) is 4. The Balaban J connectivity index is 2.12. The van der Waals surface area contributed by atoms with Crippen LogP contribution >= 0.6 is 46.6 Å². The van der Waals surface area contributed by atoms with Gasteiger partial charge in [0.2, 0.25) is 0 Å². The van der Waals surface area contributed by atoms with Crippen molar-refractivity contribution in [1.82, 2.24) is 8.39 Å². The number of halogens is 4. The van der Waals surface area contributed by atoms with Crippen molar-refractivity contribution in [3.63, 3.8) is 0 Å². The van der Waals surface area contributed by atoms with Gasteiger partial charge in [0.1, 0.15) is 5.15 Å². The van der Waals surface area contributed by atoms with E-state index in [2.05, 4.69) is 0 Å². The van der Waals surface area contributed by atoms with Crippen molar-refractivity contribution >= 4 is 62.3 Å². The normalized spacial score (nSPS) is 12.9. The zero-order chi connectivity index (χ0) is 22.2. The fourth-order valence-electron chi connectivity index (χ4n) is 2.85. The van der Waals surface area contributed by atoms with Crippen LogP contribution < -0.4 is 0 Å². The largest absolute Gasteiger partial charge is 0.300 e. The average molecular weight is 509 g/mol. The number of aromatic nitrogens is 1. The van der Waals surface area contributed by atoms with Crippen molar-refractivity contribution in [3.05, 3.63) is 85.6 Å². The van der Waals surface area contributed by atoms with Crippen LogP contribution in [-0.2, 0) is 10.0 Å². The minimum Gasteiger partial charge on any atom is -0.300 e. The summed E-state index contributed by atoms with van der Waals surface area (Å²) >= 11 is 25.2. The number of rotatable bonds is 6. The maximum absolute atomic E-state index is 12.9. The van der Waals surface area contributed by atoms with Crippen molar-refractivity contribution in [2.45, 2.75) is 17.9 Å². The van der Waals surface area contributed by atoms with Gasteiger partial charge in [-0.2, -0.15) is 0 Å². The second-order valence-electron chi connectivity index (χ2n) is 6.15. The van der Waals surface area contributed by atoms with Crippen molar-refractivity contribution in [2.75, 3.05) is 0 Å². The standard InChI is InChI=1S/C18H13Cl4N3O4S/c1-11(24(22)30(28,29)14-5-3-2-4-6-14)17-15(19)16(20)18(21)23(17)12-7-9-13(10-8-12)25(26)27/h2-11H,1H3. The third kappa shape index (κ3) is 4.03. The molecule has 7 nitrogen and oxygen atoms in total. The Kier molecular flexibility index (Phi) is 6.66. The van der Waals surface area contributed by atoms with E-state index in [4.69, 9.17) is 46.6 Å². The molecule has 30 heavy (non-hydrogen) atoms. The van der Waals surface area contributed by atoms with Crippen LogP contribution in [0.3, 0.4) is 0 Å². The van der Waals surface area contributed by atoms with Gasteiger partial charge in [-0.1, -0.05) is 53.0 Å². The first-order chi connectivity index (χ1) is 14.1. The molecule has 0 saturated carbocycles. The second-order valence-corrected chi connectivity index (χ2v) is 9.64. The van der Waals surface area contributed by atoms with Crippen molar-refractivity contribution in [2.24, 2.45) is 0 Å². The Morgan fingerprint density at radius 3 is 2.10 bits per heavy atom. The first-order valence-electron chi connectivity index (χ1n) is 8.32. The summed E-state index contributed by atoms with van der Waals surface area (Å²) in [7, 11) is -4.07. The smallest absolute Gasteiger partial charge is 0.269 e. The molecule has 0 N–H and O–H groups in total. The minimum atomic E-state index is -4.07. The topological polar surface area (TPSA) is 85.4 Å². The summed E-state index contributed by atoms with van der Waals surface area (Å²) in [5.41, 5.74) is 0.470. The van der Waals surface area contributed by atoms with Gasteiger partial charge in [-0.05, 0) is 43.0 Å². The third-order valence-electron chi connectivity index (χ3n) is 4.33. The molecule has 158 valence electrons. The number of sulfonamides is 1. The zero-order valence-corrected chi connectivity index (χ0v) is 19.0. The summed E-state index contributed by atoms with van der Waals surface area (Å²) in [5.74, 6) is 0. The number of hydrogen-bond donors (Lipinski definition) is 0. The van der Waals surface area contributed by atoms with E-state index in [0.29, 0.717) is 9.51 Å². The predicted molar refractivity (Wildman–Crippen MR) is 117 cm³/mol. The molecule has 1 heterocycles. The van der Waals surface area contributed by atoms with Crippen LogP contribution in [0.25, 0.3) is 5.69 Å². The lowest BCUT2D eigenvalue weighted by Gasteiger charge is -2.24. The first-order valence-corrected chi connectivity index (χ1v) is 11.2. The number of nitro groups is 1. The quantitative estimate of drug-likeness (QED) is 0.223. The summed E-state index contributed by atoms with van der Waals surface area (Å²) in [6, 6.07) is 12.1. The monoisotopic (exact) mass is 507 g/mol. The van der Waals surface area contributed by atoms with Gasteiger partial charge in [-0.15, -0.1) is 3.82 Å². The lowest BCUT2D eigenvalue weighted by atomic mass is 10.2. The van der Waals surface area contributed by atoms with Gasteiger partial charge in [-0.25, -0.2) is 8.42 Å². The van der Waals surface area contributed by atoms with Crippen LogP contribution in [-0.4, -0.2) is 21.7 Å². The SMILES string of the molecule is CC(c1c(Cl)c(Cl)c(Cl)n1-c1ccc([N+](=O)[O-])cc1)N(Cl)S(=O)(=O)c1ccccc1. The van der Waals surface area contributed by atoms with Gasteiger partial charge in [0.25, 0.3) is 15.7 Å². The lowest BCUT2D eigenvalue weighted by molar-refractivity contribution is -0.384. The van der Waals surface area contributed by atoms with Crippen LogP contribution in [0.5, 0.6) is 0 Å². The van der Waals surface area contributed by atoms with Gasteiger partial charge in [0.05, 0.1) is 31.6 Å². The summed E-state index contributed by atoms with van der Waals surface area (Å²) in [5, 5.41) is 11.0. The Labute approximate surface area is 192 Å². The maximum atomic E-state index is 12.9. The zero-order valence-electron chi connectivity index (χ0n) is 15.2. The molecule has 0 spiro atoms. The van der Waals surface area contributed by atoms with Crippen LogP contribution in [0.2, 0.25) is 15.2 Å². The van der Waals surface area contributed by atoms with E-state index < -0.39 is 21.0 Å². The molecule has 0 aliphatic carbocycles. The molecule has 12 heteroatoms. The van der Waals surface area contributed by atoms with Crippen LogP contribution in [0.4, 0.5) is 5.69 Å². The van der Waals surface area contributed by atoms with E-state index >= 15 is 0 Å². The van der Waals surface area contributed by atoms with Gasteiger partial charge in [0.15, 0.2) is 0 Å². The Bertz CT molecular complexity index is 1200. The number of benzene rings is 2. The lowest BCUT2D eigenvalue weighted by Crippen LogP contribution is -2.26. The molecule has 2 aromatic carbocycles. The molecule has 1 aromatic heterocycles. The minimum absolute atomic E-state index is 0.000659. The van der Waals surface area contributed by atoms with Crippen molar-refractivity contribution in [1.29, 1.82) is 0 Å². The molecule has 0 fully saturated rings. The molecule has 0 radical (unpaired) electrons. The molecule has 0 saturated heterocycles. The second kappa shape index (κ2) is 8.74. The molecule has 0 bridgehead atoms. The fourth-order valence-corrected chi connectivity index (χ4v) is 5.24. The highest BCUT2D eigenvalue weighted by Crippen LogP contribution is 2.44. The van der Waals surface area contributed by atoms with E-state index in [1.165, 1.54) is 47.9 Å². The predicted octanol–water partition coefficient (Wildman–Crippen LogP) is 6.25.